The van der Waals surface area contributed by atoms with E-state index in [1.54, 1.807) is 7.11 Å². The molecule has 6 rings (SSSR count). The van der Waals surface area contributed by atoms with Gasteiger partial charge in [-0.2, -0.15) is 0 Å². The fourth-order valence-corrected chi connectivity index (χ4v) is 7.00. The smallest absolute Gasteiger partial charge is 0.174 e. The summed E-state index contributed by atoms with van der Waals surface area (Å²) in [5.41, 5.74) is 10.8. The lowest BCUT2D eigenvalue weighted by molar-refractivity contribution is 0.282. The molecule has 0 amide bonds. The summed E-state index contributed by atoms with van der Waals surface area (Å²) in [6.07, 6.45) is 7.72. The summed E-state index contributed by atoms with van der Waals surface area (Å²) in [7, 11) is 1.68. The van der Waals surface area contributed by atoms with Crippen LogP contribution < -0.4 is 14.8 Å². The van der Waals surface area contributed by atoms with Crippen LogP contribution in [0.5, 0.6) is 11.5 Å². The Balaban J connectivity index is 1.17. The number of anilines is 1. The normalized spacial score (nSPS) is 19.1. The average molecular weight is 655 g/mol. The highest BCUT2D eigenvalue weighted by atomic mass is 127. The fraction of sp³-hybridized carbons (Fsp3) is 0.250. The number of ether oxygens (including phenoxy) is 2. The Labute approximate surface area is 256 Å². The van der Waals surface area contributed by atoms with Gasteiger partial charge in [-0.15, -0.1) is 0 Å². The lowest BCUT2D eigenvalue weighted by atomic mass is 9.76. The Bertz CT molecular complexity index is 1620. The number of nitrogens with zero attached hydrogens (tertiary/aromatic N) is 1. The Morgan fingerprint density at radius 3 is 2.46 bits per heavy atom. The molecule has 0 radical (unpaired) electrons. The summed E-state index contributed by atoms with van der Waals surface area (Å²) in [6, 6.07) is 26.2. The first-order valence-electron chi connectivity index (χ1n) is 14.1. The molecule has 0 fully saturated rings. The highest BCUT2D eigenvalue weighted by Gasteiger charge is 2.37. The van der Waals surface area contributed by atoms with Gasteiger partial charge in [-0.1, -0.05) is 71.3 Å². The van der Waals surface area contributed by atoms with E-state index in [1.165, 1.54) is 33.5 Å². The predicted molar refractivity (Wildman–Crippen MR) is 177 cm³/mol. The van der Waals surface area contributed by atoms with E-state index in [1.807, 2.05) is 12.3 Å². The Hall–Kier alpha value is -3.58. The minimum absolute atomic E-state index is 0.283. The fourth-order valence-electron chi connectivity index (χ4n) is 6.22. The van der Waals surface area contributed by atoms with Gasteiger partial charge in [0.15, 0.2) is 11.5 Å². The molecule has 0 spiro atoms. The summed E-state index contributed by atoms with van der Waals surface area (Å²) in [4.78, 5) is 4.78. The monoisotopic (exact) mass is 654 g/mol. The molecule has 1 N–H and O–H groups in total. The molecule has 4 aromatic rings. The topological polar surface area (TPSA) is 42.8 Å². The third kappa shape index (κ3) is 5.91. The van der Waals surface area contributed by atoms with Gasteiger partial charge in [0.2, 0.25) is 0 Å². The molecular formula is C36H35IN2O2. The van der Waals surface area contributed by atoms with Gasteiger partial charge in [0.25, 0.3) is 0 Å². The number of halogens is 1. The van der Waals surface area contributed by atoms with Gasteiger partial charge in [-0.3, -0.25) is 4.99 Å². The lowest BCUT2D eigenvalue weighted by Crippen LogP contribution is -2.29. The highest BCUT2D eigenvalue weighted by Crippen LogP contribution is 2.50. The average Bonchev–Trinajstić information content (AvgIpc) is 3.45. The van der Waals surface area contributed by atoms with Crippen LogP contribution in [-0.4, -0.2) is 13.3 Å². The van der Waals surface area contributed by atoms with Crippen molar-refractivity contribution < 1.29 is 9.47 Å². The first-order chi connectivity index (χ1) is 19.9. The minimum Gasteiger partial charge on any atom is -0.493 e. The SMILES string of the molecule is COc1cc(C=Nc2ccc([C@@H]3Nc4ccc(C)cc4[C@@H]4C=CC[C@@H]43)cc2)cc(I)c1OCc1cc(C)cc(C)c1. The number of benzene rings is 4. The maximum atomic E-state index is 6.21. The van der Waals surface area contributed by atoms with Crippen molar-refractivity contribution in [3.8, 4) is 11.5 Å². The summed E-state index contributed by atoms with van der Waals surface area (Å²) < 4.78 is 12.9. The van der Waals surface area contributed by atoms with Gasteiger partial charge in [0, 0.05) is 17.8 Å². The van der Waals surface area contributed by atoms with E-state index in [0.717, 1.165) is 32.6 Å². The van der Waals surface area contributed by atoms with Crippen molar-refractivity contribution in [2.24, 2.45) is 10.9 Å². The number of allylic oxidation sites excluding steroid dienone is 2. The number of hydrogen-bond donors (Lipinski definition) is 1. The molecule has 4 nitrogen and oxygen atoms in total. The number of fused-ring (bicyclic) bond motifs is 3. The van der Waals surface area contributed by atoms with E-state index < -0.39 is 0 Å². The van der Waals surface area contributed by atoms with Crippen LogP contribution >= 0.6 is 22.6 Å². The van der Waals surface area contributed by atoms with Crippen LogP contribution in [0.4, 0.5) is 11.4 Å². The zero-order chi connectivity index (χ0) is 28.5. The molecule has 41 heavy (non-hydrogen) atoms. The summed E-state index contributed by atoms with van der Waals surface area (Å²) in [6.45, 7) is 6.88. The molecule has 0 saturated heterocycles. The summed E-state index contributed by atoms with van der Waals surface area (Å²) >= 11 is 2.31. The molecule has 0 bridgehead atoms. The maximum absolute atomic E-state index is 6.21. The van der Waals surface area contributed by atoms with Crippen molar-refractivity contribution in [1.29, 1.82) is 0 Å². The zero-order valence-corrected chi connectivity index (χ0v) is 26.1. The van der Waals surface area contributed by atoms with E-state index >= 15 is 0 Å². The number of hydrogen-bond acceptors (Lipinski definition) is 4. The molecule has 0 aromatic heterocycles. The van der Waals surface area contributed by atoms with Crippen molar-refractivity contribution in [2.75, 3.05) is 12.4 Å². The number of methoxy groups -OCH3 is 1. The molecule has 208 valence electrons. The second-order valence-electron chi connectivity index (χ2n) is 11.2. The predicted octanol–water partition coefficient (Wildman–Crippen LogP) is 9.38. The maximum Gasteiger partial charge on any atom is 0.174 e. The van der Waals surface area contributed by atoms with Gasteiger partial charge in [0.05, 0.1) is 22.4 Å². The Kier molecular flexibility index (Phi) is 7.89. The first kappa shape index (κ1) is 27.6. The summed E-state index contributed by atoms with van der Waals surface area (Å²) in [5, 5.41) is 3.83. The van der Waals surface area contributed by atoms with Crippen molar-refractivity contribution in [1.82, 2.24) is 0 Å². The number of rotatable bonds is 7. The van der Waals surface area contributed by atoms with Gasteiger partial charge < -0.3 is 14.8 Å². The van der Waals surface area contributed by atoms with Crippen molar-refractivity contribution >= 4 is 40.2 Å². The number of aliphatic imine (C=N–C) groups is 1. The molecule has 4 aromatic carbocycles. The van der Waals surface area contributed by atoms with Crippen LogP contribution in [-0.2, 0) is 6.61 Å². The third-order valence-electron chi connectivity index (χ3n) is 8.05. The molecule has 1 aliphatic heterocycles. The largest absolute Gasteiger partial charge is 0.493 e. The number of nitrogens with one attached hydrogen (secondary N) is 1. The Morgan fingerprint density at radius 1 is 0.927 bits per heavy atom. The van der Waals surface area contributed by atoms with E-state index in [2.05, 4.69) is 128 Å². The molecule has 1 aliphatic carbocycles. The van der Waals surface area contributed by atoms with Gasteiger partial charge in [0.1, 0.15) is 6.61 Å². The summed E-state index contributed by atoms with van der Waals surface area (Å²) in [5.74, 6) is 2.46. The third-order valence-corrected chi connectivity index (χ3v) is 8.85. The first-order valence-corrected chi connectivity index (χ1v) is 15.2. The quantitative estimate of drug-likeness (QED) is 0.123. The van der Waals surface area contributed by atoms with E-state index in [9.17, 15) is 0 Å². The molecule has 0 saturated carbocycles. The van der Waals surface area contributed by atoms with Crippen LogP contribution in [0.1, 0.15) is 57.3 Å². The molecule has 5 heteroatoms. The minimum atomic E-state index is 0.283. The molecule has 0 unspecified atom stereocenters. The van der Waals surface area contributed by atoms with Gasteiger partial charge in [-0.25, -0.2) is 0 Å². The highest BCUT2D eigenvalue weighted by molar-refractivity contribution is 14.1. The van der Waals surface area contributed by atoms with E-state index in [-0.39, 0.29) is 6.04 Å². The lowest BCUT2D eigenvalue weighted by Gasteiger charge is -2.37. The van der Waals surface area contributed by atoms with Crippen molar-refractivity contribution in [3.05, 3.63) is 127 Å². The van der Waals surface area contributed by atoms with E-state index in [0.29, 0.717) is 24.2 Å². The molecular weight excluding hydrogens is 619 g/mol. The van der Waals surface area contributed by atoms with Gasteiger partial charge >= 0.3 is 0 Å². The van der Waals surface area contributed by atoms with Crippen LogP contribution in [0.15, 0.2) is 89.9 Å². The van der Waals surface area contributed by atoms with Gasteiger partial charge in [-0.05, 0) is 108 Å². The molecule has 3 atom stereocenters. The molecule has 2 aliphatic rings. The van der Waals surface area contributed by atoms with Crippen LogP contribution in [0, 0.1) is 30.3 Å². The second kappa shape index (κ2) is 11.7. The van der Waals surface area contributed by atoms with Crippen LogP contribution in [0.25, 0.3) is 0 Å². The van der Waals surface area contributed by atoms with Crippen LogP contribution in [0.2, 0.25) is 0 Å². The van der Waals surface area contributed by atoms with Crippen molar-refractivity contribution in [2.45, 2.75) is 45.8 Å². The van der Waals surface area contributed by atoms with Crippen LogP contribution in [0.3, 0.4) is 0 Å². The second-order valence-corrected chi connectivity index (χ2v) is 12.4. The molecule has 1 heterocycles. The van der Waals surface area contributed by atoms with Crippen molar-refractivity contribution in [3.63, 3.8) is 0 Å². The number of aryl methyl sites for hydroxylation is 3. The van der Waals surface area contributed by atoms with E-state index in [4.69, 9.17) is 14.5 Å². The zero-order valence-electron chi connectivity index (χ0n) is 23.9. The Morgan fingerprint density at radius 2 is 1.71 bits per heavy atom. The standard InChI is InChI=1S/C36H35IN2O2/c1-22-8-13-33-31(17-22)29-6-5-7-30(29)35(39-33)27-9-11-28(12-10-27)38-20-25-18-32(37)36(34(19-25)40-4)41-21-26-15-23(2)14-24(3)16-26/h5-6,8-20,29-30,35,39H,7,21H2,1-4H3/t29-,30+,35+/m1/s1.